The molecule has 0 bridgehead atoms. The van der Waals surface area contributed by atoms with Gasteiger partial charge in [0.15, 0.2) is 0 Å². The highest BCUT2D eigenvalue weighted by Crippen LogP contribution is 2.15. The molecule has 1 aromatic heterocycles. The van der Waals surface area contributed by atoms with Crippen molar-refractivity contribution in [2.24, 2.45) is 0 Å². The fraction of sp³-hybridized carbons (Fsp3) is 0.500. The molecule has 0 spiro atoms. The van der Waals surface area contributed by atoms with Crippen LogP contribution in [0.15, 0.2) is 17.2 Å². The molecule has 0 radical (unpaired) electrons. The largest absolute Gasteiger partial charge is 0.480 e. The zero-order valence-electron chi connectivity index (χ0n) is 11.6. The molecule has 1 aliphatic rings. The van der Waals surface area contributed by atoms with Crippen LogP contribution in [-0.4, -0.2) is 61.0 Å². The van der Waals surface area contributed by atoms with Crippen molar-refractivity contribution in [3.63, 3.8) is 0 Å². The van der Waals surface area contributed by atoms with Crippen LogP contribution in [0.1, 0.15) is 23.3 Å². The summed E-state index contributed by atoms with van der Waals surface area (Å²) in [6.07, 6.45) is 2.10. The summed E-state index contributed by atoms with van der Waals surface area (Å²) in [6.45, 7) is 1.06. The summed E-state index contributed by atoms with van der Waals surface area (Å²) in [5.74, 6) is -1.42. The molecule has 1 aliphatic heterocycles. The lowest BCUT2D eigenvalue weighted by molar-refractivity contribution is -0.138. The van der Waals surface area contributed by atoms with E-state index < -0.39 is 27.0 Å². The molecule has 1 saturated heterocycles. The first-order chi connectivity index (χ1) is 10.3. The number of aliphatic carboxylic acids is 1. The minimum atomic E-state index is -4.84. The van der Waals surface area contributed by atoms with Crippen molar-refractivity contribution in [1.29, 1.82) is 0 Å². The highest BCUT2D eigenvalue weighted by atomic mass is 32.3. The number of hydrogen-bond donors (Lipinski definition) is 3. The van der Waals surface area contributed by atoms with Crippen molar-refractivity contribution < 1.29 is 27.0 Å². The Kier molecular flexibility index (Phi) is 4.81. The van der Waals surface area contributed by atoms with Gasteiger partial charge in [-0.1, -0.05) is 0 Å². The topological polar surface area (TPSA) is 120 Å². The molecule has 1 aromatic rings. The fourth-order valence-electron chi connectivity index (χ4n) is 2.34. The fourth-order valence-corrected chi connectivity index (χ4v) is 2.79. The number of piperidine rings is 1. The lowest BCUT2D eigenvalue weighted by atomic mass is 10.0. The summed E-state index contributed by atoms with van der Waals surface area (Å²) in [5.41, 5.74) is -0.0378. The predicted molar refractivity (Wildman–Crippen MR) is 73.7 cm³/mol. The molecule has 10 heteroatoms. The molecule has 1 fully saturated rings. The highest BCUT2D eigenvalue weighted by Gasteiger charge is 2.23. The summed E-state index contributed by atoms with van der Waals surface area (Å²) in [7, 11) is -4.84. The van der Waals surface area contributed by atoms with Crippen LogP contribution in [0, 0.1) is 0 Å². The number of carbonyl (C=O) groups excluding carboxylic acids is 1. The summed E-state index contributed by atoms with van der Waals surface area (Å²) in [4.78, 5) is 26.1. The van der Waals surface area contributed by atoms with Crippen LogP contribution in [0.4, 0.5) is 3.89 Å². The molecule has 1 amide bonds. The van der Waals surface area contributed by atoms with Gasteiger partial charge in [-0.25, -0.2) is 0 Å². The number of rotatable bonds is 5. The van der Waals surface area contributed by atoms with E-state index in [-0.39, 0.29) is 18.3 Å². The molecule has 2 heterocycles. The predicted octanol–water partition coefficient (Wildman–Crippen LogP) is -0.0483. The quantitative estimate of drug-likeness (QED) is 0.650. The third kappa shape index (κ3) is 4.28. The first-order valence-corrected chi connectivity index (χ1v) is 8.02. The van der Waals surface area contributed by atoms with Crippen LogP contribution in [0.5, 0.6) is 0 Å². The lowest BCUT2D eigenvalue weighted by Gasteiger charge is -2.31. The molecular weight excluding hydrogens is 317 g/mol. The number of aromatic nitrogens is 1. The second kappa shape index (κ2) is 6.44. The Labute approximate surface area is 126 Å². The number of halogens is 1. The number of likely N-dealkylation sites (tertiary alicyclic amines) is 1. The van der Waals surface area contributed by atoms with Gasteiger partial charge < -0.3 is 15.4 Å². The van der Waals surface area contributed by atoms with Gasteiger partial charge in [-0.15, -0.1) is 3.89 Å². The number of aromatic amines is 1. The number of carboxylic acids is 1. The van der Waals surface area contributed by atoms with Gasteiger partial charge in [0.2, 0.25) is 0 Å². The van der Waals surface area contributed by atoms with Crippen molar-refractivity contribution in [2.45, 2.75) is 23.8 Å². The van der Waals surface area contributed by atoms with E-state index >= 15 is 0 Å². The molecule has 0 unspecified atom stereocenters. The average Bonchev–Trinajstić information content (AvgIpc) is 2.90. The summed E-state index contributed by atoms with van der Waals surface area (Å²) >= 11 is 0. The maximum Gasteiger partial charge on any atom is 0.333 e. The third-order valence-electron chi connectivity index (χ3n) is 3.46. The maximum atomic E-state index is 12.8. The SMILES string of the molecule is O=C(O)CN1CCC(NC(=O)c2cc(S(=O)(=O)F)c[nH]2)CC1. The smallest absolute Gasteiger partial charge is 0.333 e. The Balaban J connectivity index is 1.88. The summed E-state index contributed by atoms with van der Waals surface area (Å²) < 4.78 is 34.2. The molecule has 0 atom stereocenters. The number of nitrogens with one attached hydrogen (secondary N) is 2. The number of amides is 1. The van der Waals surface area contributed by atoms with Gasteiger partial charge in [0.05, 0.1) is 6.54 Å². The van der Waals surface area contributed by atoms with Gasteiger partial charge in [-0.3, -0.25) is 14.5 Å². The Morgan fingerprint density at radius 2 is 2.05 bits per heavy atom. The zero-order chi connectivity index (χ0) is 16.3. The standard InChI is InChI=1S/C12H16FN3O5S/c13-22(20,21)9-5-10(14-6-9)12(19)15-8-1-3-16(4-2-8)7-11(17)18/h5-6,8,14H,1-4,7H2,(H,15,19)(H,17,18). The number of H-pyrrole nitrogens is 1. The van der Waals surface area contributed by atoms with Crippen molar-refractivity contribution in [3.8, 4) is 0 Å². The Bertz CT molecular complexity index is 664. The van der Waals surface area contributed by atoms with E-state index in [1.165, 1.54) is 0 Å². The Morgan fingerprint density at radius 1 is 1.41 bits per heavy atom. The van der Waals surface area contributed by atoms with Crippen molar-refractivity contribution in [2.75, 3.05) is 19.6 Å². The number of nitrogens with zero attached hydrogens (tertiary/aromatic N) is 1. The monoisotopic (exact) mass is 333 g/mol. The molecule has 3 N–H and O–H groups in total. The van der Waals surface area contributed by atoms with E-state index in [9.17, 15) is 21.9 Å². The van der Waals surface area contributed by atoms with Gasteiger partial charge in [-0.2, -0.15) is 8.42 Å². The Hall–Kier alpha value is -1.94. The van der Waals surface area contributed by atoms with E-state index in [0.29, 0.717) is 25.9 Å². The van der Waals surface area contributed by atoms with Gasteiger partial charge in [0.25, 0.3) is 5.91 Å². The van der Waals surface area contributed by atoms with Gasteiger partial charge in [-0.05, 0) is 18.9 Å². The van der Waals surface area contributed by atoms with Crippen LogP contribution in [0.2, 0.25) is 0 Å². The van der Waals surface area contributed by atoms with Crippen LogP contribution >= 0.6 is 0 Å². The second-order valence-electron chi connectivity index (χ2n) is 5.10. The molecule has 0 aromatic carbocycles. The molecular formula is C12H16FN3O5S. The van der Waals surface area contributed by atoms with E-state index in [1.807, 2.05) is 0 Å². The maximum absolute atomic E-state index is 12.8. The van der Waals surface area contributed by atoms with Crippen molar-refractivity contribution in [3.05, 3.63) is 18.0 Å². The van der Waals surface area contributed by atoms with Gasteiger partial charge >= 0.3 is 16.2 Å². The molecule has 122 valence electrons. The van der Waals surface area contributed by atoms with E-state index in [2.05, 4.69) is 10.3 Å². The average molecular weight is 333 g/mol. The minimum Gasteiger partial charge on any atom is -0.480 e. The normalized spacial score (nSPS) is 17.3. The number of carbonyl (C=O) groups is 2. The van der Waals surface area contributed by atoms with E-state index in [1.54, 1.807) is 4.90 Å². The van der Waals surface area contributed by atoms with Crippen LogP contribution in [0.3, 0.4) is 0 Å². The lowest BCUT2D eigenvalue weighted by Crippen LogP contribution is -2.46. The molecule has 0 saturated carbocycles. The summed E-state index contributed by atoms with van der Waals surface area (Å²) in [6, 6.07) is 0.802. The number of hydrogen-bond acceptors (Lipinski definition) is 5. The number of carboxylic acid groups (broad SMARTS) is 1. The molecule has 0 aliphatic carbocycles. The van der Waals surface area contributed by atoms with Crippen LogP contribution in [-0.2, 0) is 15.0 Å². The van der Waals surface area contributed by atoms with Gasteiger partial charge in [0.1, 0.15) is 10.6 Å². The first kappa shape index (κ1) is 16.4. The van der Waals surface area contributed by atoms with Crippen molar-refractivity contribution in [1.82, 2.24) is 15.2 Å². The summed E-state index contributed by atoms with van der Waals surface area (Å²) in [5, 5.41) is 11.4. The van der Waals surface area contributed by atoms with Gasteiger partial charge in [0, 0.05) is 25.3 Å². The van der Waals surface area contributed by atoms with Crippen LogP contribution < -0.4 is 5.32 Å². The highest BCUT2D eigenvalue weighted by molar-refractivity contribution is 7.86. The zero-order valence-corrected chi connectivity index (χ0v) is 12.4. The Morgan fingerprint density at radius 3 is 2.55 bits per heavy atom. The molecule has 22 heavy (non-hydrogen) atoms. The molecule has 2 rings (SSSR count). The van der Waals surface area contributed by atoms with E-state index in [0.717, 1.165) is 12.3 Å². The van der Waals surface area contributed by atoms with Crippen molar-refractivity contribution >= 4 is 22.1 Å². The second-order valence-corrected chi connectivity index (χ2v) is 6.45. The third-order valence-corrected chi connectivity index (χ3v) is 4.26. The van der Waals surface area contributed by atoms with Crippen LogP contribution in [0.25, 0.3) is 0 Å². The minimum absolute atomic E-state index is 0.0327. The molecule has 8 nitrogen and oxygen atoms in total. The van der Waals surface area contributed by atoms with E-state index in [4.69, 9.17) is 5.11 Å². The first-order valence-electron chi connectivity index (χ1n) is 6.64.